The largest absolute Gasteiger partial charge is 0.351 e. The van der Waals surface area contributed by atoms with Crippen molar-refractivity contribution in [3.05, 3.63) is 59.2 Å². The number of amides is 1. The van der Waals surface area contributed by atoms with Gasteiger partial charge < -0.3 is 5.32 Å². The van der Waals surface area contributed by atoms with Crippen molar-refractivity contribution in [1.29, 1.82) is 0 Å². The van der Waals surface area contributed by atoms with Crippen molar-refractivity contribution < 1.29 is 4.79 Å². The summed E-state index contributed by atoms with van der Waals surface area (Å²) in [5.41, 5.74) is 1.03. The molecule has 1 aromatic heterocycles. The first-order valence-electron chi connectivity index (χ1n) is 5.79. The van der Waals surface area contributed by atoms with E-state index in [1.54, 1.807) is 6.20 Å². The molecule has 5 heteroatoms. The van der Waals surface area contributed by atoms with E-state index < -0.39 is 0 Å². The second kappa shape index (κ2) is 7.16. The summed E-state index contributed by atoms with van der Waals surface area (Å²) in [6.45, 7) is 0.513. The van der Waals surface area contributed by atoms with Crippen LogP contribution in [0.4, 0.5) is 0 Å². The zero-order valence-electron chi connectivity index (χ0n) is 10.2. The number of hydrogen-bond acceptors (Lipinski definition) is 3. The standard InChI is InChI=1S/C14H13ClN2OS/c15-12-6-4-11(5-7-12)9-17-13(18)10-19-14-3-1-2-8-16-14/h1-8H,9-10H2,(H,17,18). The van der Waals surface area contributed by atoms with Gasteiger partial charge >= 0.3 is 0 Å². The topological polar surface area (TPSA) is 42.0 Å². The lowest BCUT2D eigenvalue weighted by Gasteiger charge is -2.05. The Morgan fingerprint density at radius 1 is 1.21 bits per heavy atom. The second-order valence-corrected chi connectivity index (χ2v) is 5.29. The molecule has 1 amide bonds. The zero-order chi connectivity index (χ0) is 13.5. The van der Waals surface area contributed by atoms with Crippen LogP contribution in [0.25, 0.3) is 0 Å². The van der Waals surface area contributed by atoms with E-state index in [2.05, 4.69) is 10.3 Å². The van der Waals surface area contributed by atoms with Crippen LogP contribution in [0.5, 0.6) is 0 Å². The van der Waals surface area contributed by atoms with E-state index in [-0.39, 0.29) is 5.91 Å². The Morgan fingerprint density at radius 3 is 2.68 bits per heavy atom. The fourth-order valence-electron chi connectivity index (χ4n) is 1.43. The quantitative estimate of drug-likeness (QED) is 0.861. The molecule has 2 aromatic rings. The number of benzene rings is 1. The molecule has 0 fully saturated rings. The van der Waals surface area contributed by atoms with Gasteiger partial charge in [0.25, 0.3) is 0 Å². The van der Waals surface area contributed by atoms with Gasteiger partial charge in [0.05, 0.1) is 10.8 Å². The van der Waals surface area contributed by atoms with E-state index in [9.17, 15) is 4.79 Å². The van der Waals surface area contributed by atoms with Crippen LogP contribution in [0.1, 0.15) is 5.56 Å². The number of aromatic nitrogens is 1. The van der Waals surface area contributed by atoms with Crippen LogP contribution in [0.15, 0.2) is 53.7 Å². The van der Waals surface area contributed by atoms with Crippen LogP contribution in [0.3, 0.4) is 0 Å². The van der Waals surface area contributed by atoms with Gasteiger partial charge in [0.2, 0.25) is 5.91 Å². The number of carbonyl (C=O) groups is 1. The minimum absolute atomic E-state index is 0.00870. The zero-order valence-corrected chi connectivity index (χ0v) is 11.7. The lowest BCUT2D eigenvalue weighted by Crippen LogP contribution is -2.24. The van der Waals surface area contributed by atoms with Crippen LogP contribution in [-0.4, -0.2) is 16.6 Å². The molecular weight excluding hydrogens is 280 g/mol. The maximum atomic E-state index is 11.7. The number of halogens is 1. The van der Waals surface area contributed by atoms with Crippen molar-refractivity contribution >= 4 is 29.3 Å². The van der Waals surface area contributed by atoms with Gasteiger partial charge in [0.1, 0.15) is 0 Å². The van der Waals surface area contributed by atoms with Crippen molar-refractivity contribution in [1.82, 2.24) is 10.3 Å². The molecule has 1 heterocycles. The van der Waals surface area contributed by atoms with E-state index >= 15 is 0 Å². The minimum Gasteiger partial charge on any atom is -0.351 e. The molecule has 0 saturated heterocycles. The minimum atomic E-state index is -0.00870. The molecule has 2 rings (SSSR count). The van der Waals surface area contributed by atoms with Gasteiger partial charge in [0, 0.05) is 17.8 Å². The number of nitrogens with one attached hydrogen (secondary N) is 1. The average molecular weight is 293 g/mol. The SMILES string of the molecule is O=C(CSc1ccccn1)NCc1ccc(Cl)cc1. The molecule has 0 spiro atoms. The van der Waals surface area contributed by atoms with Gasteiger partial charge in [0.15, 0.2) is 0 Å². The molecule has 0 unspecified atom stereocenters. The van der Waals surface area contributed by atoms with E-state index in [0.717, 1.165) is 10.6 Å². The Balaban J connectivity index is 1.74. The number of carbonyl (C=O) groups excluding carboxylic acids is 1. The smallest absolute Gasteiger partial charge is 0.230 e. The number of pyridine rings is 1. The molecule has 0 atom stereocenters. The highest BCUT2D eigenvalue weighted by atomic mass is 35.5. The Labute approximate surface area is 121 Å². The van der Waals surface area contributed by atoms with Gasteiger partial charge in [-0.25, -0.2) is 4.98 Å². The lowest BCUT2D eigenvalue weighted by atomic mass is 10.2. The summed E-state index contributed by atoms with van der Waals surface area (Å²) < 4.78 is 0. The molecular formula is C14H13ClN2OS. The molecule has 3 nitrogen and oxygen atoms in total. The molecule has 0 aliphatic carbocycles. The summed E-state index contributed by atoms with van der Waals surface area (Å²) in [5.74, 6) is 0.357. The summed E-state index contributed by atoms with van der Waals surface area (Å²) in [5, 5.41) is 4.40. The molecule has 0 bridgehead atoms. The molecule has 0 aliphatic heterocycles. The van der Waals surface area contributed by atoms with Gasteiger partial charge in [-0.15, -0.1) is 0 Å². The van der Waals surface area contributed by atoms with E-state index in [1.807, 2.05) is 42.5 Å². The summed E-state index contributed by atoms with van der Waals surface area (Å²) in [7, 11) is 0. The van der Waals surface area contributed by atoms with E-state index in [4.69, 9.17) is 11.6 Å². The number of hydrogen-bond donors (Lipinski definition) is 1. The summed E-state index contributed by atoms with van der Waals surface area (Å²) in [4.78, 5) is 15.8. The first-order valence-corrected chi connectivity index (χ1v) is 7.15. The molecule has 0 radical (unpaired) electrons. The Hall–Kier alpha value is -1.52. The monoisotopic (exact) mass is 292 g/mol. The van der Waals surface area contributed by atoms with Crippen LogP contribution >= 0.6 is 23.4 Å². The van der Waals surface area contributed by atoms with Crippen LogP contribution in [0, 0.1) is 0 Å². The van der Waals surface area contributed by atoms with Crippen molar-refractivity contribution in [2.24, 2.45) is 0 Å². The number of thioether (sulfide) groups is 1. The summed E-state index contributed by atoms with van der Waals surface area (Å²) in [6, 6.07) is 13.1. The Kier molecular flexibility index (Phi) is 5.24. The van der Waals surface area contributed by atoms with Crippen molar-refractivity contribution in [2.45, 2.75) is 11.6 Å². The second-order valence-electron chi connectivity index (χ2n) is 3.86. The van der Waals surface area contributed by atoms with Crippen molar-refractivity contribution in [2.75, 3.05) is 5.75 Å². The third-order valence-electron chi connectivity index (χ3n) is 2.39. The third-order valence-corrected chi connectivity index (χ3v) is 3.59. The average Bonchev–Trinajstić information content (AvgIpc) is 2.45. The first-order chi connectivity index (χ1) is 9.24. The number of rotatable bonds is 5. The highest BCUT2D eigenvalue weighted by Gasteiger charge is 2.03. The van der Waals surface area contributed by atoms with E-state index in [0.29, 0.717) is 17.3 Å². The molecule has 98 valence electrons. The molecule has 0 saturated carbocycles. The molecule has 0 aliphatic rings. The summed E-state index contributed by atoms with van der Waals surface area (Å²) >= 11 is 7.22. The van der Waals surface area contributed by atoms with Gasteiger partial charge in [-0.3, -0.25) is 4.79 Å². The Bertz CT molecular complexity index is 531. The molecule has 1 aromatic carbocycles. The van der Waals surface area contributed by atoms with Crippen molar-refractivity contribution in [3.63, 3.8) is 0 Å². The normalized spacial score (nSPS) is 10.2. The predicted molar refractivity (Wildman–Crippen MR) is 78.3 cm³/mol. The first kappa shape index (κ1) is 13.9. The number of nitrogens with zero attached hydrogens (tertiary/aromatic N) is 1. The van der Waals surface area contributed by atoms with Crippen LogP contribution < -0.4 is 5.32 Å². The molecule has 19 heavy (non-hydrogen) atoms. The lowest BCUT2D eigenvalue weighted by molar-refractivity contribution is -0.118. The van der Waals surface area contributed by atoms with Gasteiger partial charge in [-0.05, 0) is 29.8 Å². The van der Waals surface area contributed by atoms with E-state index in [1.165, 1.54) is 11.8 Å². The van der Waals surface area contributed by atoms with Crippen LogP contribution in [-0.2, 0) is 11.3 Å². The highest BCUT2D eigenvalue weighted by Crippen LogP contribution is 2.13. The summed E-state index contributed by atoms with van der Waals surface area (Å²) in [6.07, 6.45) is 1.72. The van der Waals surface area contributed by atoms with Crippen molar-refractivity contribution in [3.8, 4) is 0 Å². The molecule has 1 N–H and O–H groups in total. The predicted octanol–water partition coefficient (Wildman–Crippen LogP) is 3.14. The maximum Gasteiger partial charge on any atom is 0.230 e. The highest BCUT2D eigenvalue weighted by molar-refractivity contribution is 7.99. The van der Waals surface area contributed by atoms with Gasteiger partial charge in [-0.1, -0.05) is 41.6 Å². The fourth-order valence-corrected chi connectivity index (χ4v) is 2.24. The maximum absolute atomic E-state index is 11.7. The van der Waals surface area contributed by atoms with Crippen LogP contribution in [0.2, 0.25) is 5.02 Å². The Morgan fingerprint density at radius 2 is 2.00 bits per heavy atom. The fraction of sp³-hybridized carbons (Fsp3) is 0.143. The van der Waals surface area contributed by atoms with Gasteiger partial charge in [-0.2, -0.15) is 0 Å². The third kappa shape index (κ3) is 4.93.